The first-order chi connectivity index (χ1) is 10.2. The third-order valence-corrected chi connectivity index (χ3v) is 4.15. The number of ether oxygens (including phenoxy) is 1. The molecule has 0 N–H and O–H groups in total. The molecule has 5 nitrogen and oxygen atoms in total. The summed E-state index contributed by atoms with van der Waals surface area (Å²) in [6.07, 6.45) is 3.20. The van der Waals surface area contributed by atoms with E-state index in [1.54, 1.807) is 19.4 Å². The summed E-state index contributed by atoms with van der Waals surface area (Å²) in [5.74, 6) is 0. The van der Waals surface area contributed by atoms with Gasteiger partial charge in [-0.05, 0) is 46.2 Å². The Labute approximate surface area is 135 Å². The second-order valence-corrected chi connectivity index (χ2v) is 7.18. The van der Waals surface area contributed by atoms with Gasteiger partial charge in [0.2, 0.25) is 0 Å². The summed E-state index contributed by atoms with van der Waals surface area (Å²) in [6, 6.07) is 2.03. The number of nitrogens with zero attached hydrogens (tertiary/aromatic N) is 3. The summed E-state index contributed by atoms with van der Waals surface area (Å²) in [6.45, 7) is 9.43. The lowest BCUT2D eigenvalue weighted by molar-refractivity contribution is 0.0590. The average Bonchev–Trinajstić information content (AvgIpc) is 2.78. The number of aromatic nitrogens is 2. The minimum atomic E-state index is -0.521. The van der Waals surface area contributed by atoms with Gasteiger partial charge in [-0.2, -0.15) is 0 Å². The molecule has 1 amide bonds. The van der Waals surface area contributed by atoms with E-state index < -0.39 is 5.60 Å². The maximum Gasteiger partial charge on any atom is 0.415 e. The van der Waals surface area contributed by atoms with Gasteiger partial charge in [0.05, 0.1) is 5.69 Å². The second kappa shape index (κ2) is 6.04. The van der Waals surface area contributed by atoms with Gasteiger partial charge in [-0.15, -0.1) is 0 Å². The van der Waals surface area contributed by atoms with Crippen molar-refractivity contribution in [3.05, 3.63) is 29.7 Å². The highest BCUT2D eigenvalue weighted by Gasteiger charge is 2.23. The van der Waals surface area contributed by atoms with Gasteiger partial charge in [0.15, 0.2) is 0 Å². The lowest BCUT2D eigenvalue weighted by Crippen LogP contribution is -2.34. The Hall–Kier alpha value is -1.95. The van der Waals surface area contributed by atoms with Crippen molar-refractivity contribution >= 4 is 22.4 Å². The highest BCUT2D eigenvalue weighted by molar-refractivity contribution is 7.19. The summed E-state index contributed by atoms with van der Waals surface area (Å²) >= 11 is 1.46. The number of pyridine rings is 1. The standard InChI is InChI=1S/C16H21N3O2S/c1-10-7-12(9-17-8-10)13-18-11(2)14(22-13)19(6)15(20)21-16(3,4)5/h7-9H,1-6H3. The number of carbonyl (C=O) groups is 1. The van der Waals surface area contributed by atoms with Gasteiger partial charge in [-0.25, -0.2) is 9.78 Å². The number of hydrogen-bond donors (Lipinski definition) is 0. The van der Waals surface area contributed by atoms with E-state index in [0.717, 1.165) is 26.8 Å². The predicted molar refractivity (Wildman–Crippen MR) is 89.5 cm³/mol. The Morgan fingerprint density at radius 3 is 2.55 bits per heavy atom. The molecule has 2 rings (SSSR count). The molecule has 0 aromatic carbocycles. The van der Waals surface area contributed by atoms with Crippen molar-refractivity contribution in [2.24, 2.45) is 0 Å². The molecule has 0 saturated carbocycles. The topological polar surface area (TPSA) is 55.3 Å². The second-order valence-electron chi connectivity index (χ2n) is 6.20. The first-order valence-corrected chi connectivity index (χ1v) is 7.85. The van der Waals surface area contributed by atoms with E-state index in [0.29, 0.717) is 0 Å². The van der Waals surface area contributed by atoms with Gasteiger partial charge in [0.1, 0.15) is 15.6 Å². The molecule has 2 heterocycles. The Balaban J connectivity index is 2.28. The van der Waals surface area contributed by atoms with E-state index in [1.165, 1.54) is 16.2 Å². The highest BCUT2D eigenvalue weighted by Crippen LogP contribution is 2.34. The van der Waals surface area contributed by atoms with Crippen LogP contribution < -0.4 is 4.90 Å². The zero-order chi connectivity index (χ0) is 16.5. The van der Waals surface area contributed by atoms with Crippen molar-refractivity contribution < 1.29 is 9.53 Å². The molecular formula is C16H21N3O2S. The van der Waals surface area contributed by atoms with E-state index in [-0.39, 0.29) is 6.09 Å². The Morgan fingerprint density at radius 1 is 1.27 bits per heavy atom. The number of carbonyl (C=O) groups excluding carboxylic acids is 1. The monoisotopic (exact) mass is 319 g/mol. The molecule has 22 heavy (non-hydrogen) atoms. The Bertz CT molecular complexity index is 689. The third-order valence-electron chi connectivity index (χ3n) is 2.87. The van der Waals surface area contributed by atoms with Crippen LogP contribution in [-0.2, 0) is 4.74 Å². The molecule has 0 unspecified atom stereocenters. The van der Waals surface area contributed by atoms with Gasteiger partial charge in [-0.3, -0.25) is 9.88 Å². The van der Waals surface area contributed by atoms with Crippen LogP contribution in [0.1, 0.15) is 32.0 Å². The quantitative estimate of drug-likeness (QED) is 0.832. The normalized spacial score (nSPS) is 11.4. The molecule has 0 aliphatic rings. The number of aryl methyl sites for hydroxylation is 2. The largest absolute Gasteiger partial charge is 0.443 e. The van der Waals surface area contributed by atoms with E-state index >= 15 is 0 Å². The van der Waals surface area contributed by atoms with Crippen LogP contribution in [0.2, 0.25) is 0 Å². The number of anilines is 1. The molecule has 0 radical (unpaired) electrons. The van der Waals surface area contributed by atoms with Gasteiger partial charge in [0.25, 0.3) is 0 Å². The van der Waals surface area contributed by atoms with Crippen LogP contribution in [-0.4, -0.2) is 28.7 Å². The lowest BCUT2D eigenvalue weighted by atomic mass is 10.2. The third kappa shape index (κ3) is 3.82. The van der Waals surface area contributed by atoms with Gasteiger partial charge >= 0.3 is 6.09 Å². The molecule has 118 valence electrons. The van der Waals surface area contributed by atoms with Crippen LogP contribution in [0, 0.1) is 13.8 Å². The molecular weight excluding hydrogens is 298 g/mol. The van der Waals surface area contributed by atoms with Crippen molar-refractivity contribution in [3.8, 4) is 10.6 Å². The Kier molecular flexibility index (Phi) is 4.51. The molecule has 0 aliphatic carbocycles. The summed E-state index contributed by atoms with van der Waals surface area (Å²) in [7, 11) is 1.70. The minimum absolute atomic E-state index is 0.381. The first kappa shape index (κ1) is 16.4. The fourth-order valence-electron chi connectivity index (χ4n) is 1.91. The minimum Gasteiger partial charge on any atom is -0.443 e. The molecule has 0 aliphatic heterocycles. The number of thiazole rings is 1. The van der Waals surface area contributed by atoms with Crippen LogP contribution in [0.4, 0.5) is 9.80 Å². The van der Waals surface area contributed by atoms with Crippen LogP contribution in [0.25, 0.3) is 10.6 Å². The van der Waals surface area contributed by atoms with Crippen molar-refractivity contribution in [3.63, 3.8) is 0 Å². The lowest BCUT2D eigenvalue weighted by Gasteiger charge is -2.23. The highest BCUT2D eigenvalue weighted by atomic mass is 32.1. The molecule has 0 spiro atoms. The number of hydrogen-bond acceptors (Lipinski definition) is 5. The Morgan fingerprint density at radius 2 is 1.95 bits per heavy atom. The van der Waals surface area contributed by atoms with Gasteiger partial charge < -0.3 is 4.74 Å². The SMILES string of the molecule is Cc1cncc(-c2nc(C)c(N(C)C(=O)OC(C)(C)C)s2)c1. The molecule has 2 aromatic rings. The van der Waals surface area contributed by atoms with E-state index in [1.807, 2.05) is 40.7 Å². The van der Waals surface area contributed by atoms with Crippen LogP contribution in [0.15, 0.2) is 18.5 Å². The fraction of sp³-hybridized carbons (Fsp3) is 0.438. The number of amides is 1. The molecule has 0 fully saturated rings. The van der Waals surface area contributed by atoms with Gasteiger partial charge in [0, 0.05) is 25.0 Å². The molecule has 0 atom stereocenters. The fourth-order valence-corrected chi connectivity index (χ4v) is 2.91. The van der Waals surface area contributed by atoms with Crippen LogP contribution in [0.3, 0.4) is 0 Å². The summed E-state index contributed by atoms with van der Waals surface area (Å²) in [4.78, 5) is 22.4. The van der Waals surface area contributed by atoms with Gasteiger partial charge in [-0.1, -0.05) is 11.3 Å². The number of rotatable bonds is 2. The van der Waals surface area contributed by atoms with E-state index in [4.69, 9.17) is 4.74 Å². The van der Waals surface area contributed by atoms with E-state index in [2.05, 4.69) is 9.97 Å². The molecule has 6 heteroatoms. The maximum absolute atomic E-state index is 12.2. The molecule has 2 aromatic heterocycles. The van der Waals surface area contributed by atoms with Crippen molar-refractivity contribution in [2.75, 3.05) is 11.9 Å². The zero-order valence-electron chi connectivity index (χ0n) is 13.8. The van der Waals surface area contributed by atoms with E-state index in [9.17, 15) is 4.79 Å². The maximum atomic E-state index is 12.2. The smallest absolute Gasteiger partial charge is 0.415 e. The van der Waals surface area contributed by atoms with Crippen molar-refractivity contribution in [1.29, 1.82) is 0 Å². The summed E-state index contributed by atoms with van der Waals surface area (Å²) in [5, 5.41) is 1.63. The predicted octanol–water partition coefficient (Wildman–Crippen LogP) is 4.19. The summed E-state index contributed by atoms with van der Waals surface area (Å²) < 4.78 is 5.40. The average molecular weight is 319 g/mol. The van der Waals surface area contributed by atoms with Crippen LogP contribution >= 0.6 is 11.3 Å². The summed E-state index contributed by atoms with van der Waals surface area (Å²) in [5.41, 5.74) is 2.31. The van der Waals surface area contributed by atoms with Crippen molar-refractivity contribution in [2.45, 2.75) is 40.2 Å². The zero-order valence-corrected chi connectivity index (χ0v) is 14.6. The van der Waals surface area contributed by atoms with Crippen LogP contribution in [0.5, 0.6) is 0 Å². The molecule has 0 saturated heterocycles. The first-order valence-electron chi connectivity index (χ1n) is 7.03. The molecule has 0 bridgehead atoms. The van der Waals surface area contributed by atoms with Crippen molar-refractivity contribution in [1.82, 2.24) is 9.97 Å².